The maximum atomic E-state index is 12.7. The predicted molar refractivity (Wildman–Crippen MR) is 103 cm³/mol. The number of benzene rings is 1. The van der Waals surface area contributed by atoms with Crippen LogP contribution in [0.15, 0.2) is 46.9 Å². The molecule has 0 spiro atoms. The van der Waals surface area contributed by atoms with E-state index in [1.165, 1.54) is 18.4 Å². The topological polar surface area (TPSA) is 45.9 Å². The zero-order chi connectivity index (χ0) is 18.5. The van der Waals surface area contributed by atoms with Crippen LogP contribution in [0.2, 0.25) is 0 Å². The van der Waals surface area contributed by atoms with Gasteiger partial charge in [0.05, 0.1) is 19.3 Å². The standard InChI is InChI=1S/C22H28N2O3/c25-22(21-9-8-20(27-21)16-23-12-4-5-13-23)24-14-10-19(11-15-24)26-17-18-6-2-1-3-7-18/h1-3,6-9,19H,4-5,10-17H2. The number of hydrogen-bond acceptors (Lipinski definition) is 4. The van der Waals surface area contributed by atoms with Crippen LogP contribution in [0.3, 0.4) is 0 Å². The molecule has 5 nitrogen and oxygen atoms in total. The highest BCUT2D eigenvalue weighted by Gasteiger charge is 2.26. The molecule has 0 N–H and O–H groups in total. The highest BCUT2D eigenvalue weighted by atomic mass is 16.5. The molecule has 2 aromatic rings. The van der Waals surface area contributed by atoms with Crippen LogP contribution in [0.1, 0.15) is 47.6 Å². The number of rotatable bonds is 6. The van der Waals surface area contributed by atoms with Gasteiger partial charge in [-0.3, -0.25) is 9.69 Å². The van der Waals surface area contributed by atoms with Gasteiger partial charge in [0.2, 0.25) is 0 Å². The Morgan fingerprint density at radius 3 is 2.48 bits per heavy atom. The second-order valence-corrected chi connectivity index (χ2v) is 7.54. The smallest absolute Gasteiger partial charge is 0.289 e. The summed E-state index contributed by atoms with van der Waals surface area (Å²) in [5.41, 5.74) is 1.19. The highest BCUT2D eigenvalue weighted by Crippen LogP contribution is 2.20. The van der Waals surface area contributed by atoms with Gasteiger partial charge in [-0.05, 0) is 56.5 Å². The van der Waals surface area contributed by atoms with E-state index in [0.29, 0.717) is 12.4 Å². The minimum Gasteiger partial charge on any atom is -0.455 e. The van der Waals surface area contributed by atoms with Gasteiger partial charge in [0.25, 0.3) is 5.91 Å². The molecule has 2 saturated heterocycles. The largest absolute Gasteiger partial charge is 0.455 e. The van der Waals surface area contributed by atoms with Crippen molar-refractivity contribution in [2.24, 2.45) is 0 Å². The zero-order valence-electron chi connectivity index (χ0n) is 15.8. The molecule has 5 heteroatoms. The summed E-state index contributed by atoms with van der Waals surface area (Å²) in [5.74, 6) is 1.36. The van der Waals surface area contributed by atoms with Crippen LogP contribution >= 0.6 is 0 Å². The van der Waals surface area contributed by atoms with Gasteiger partial charge in [-0.15, -0.1) is 0 Å². The quantitative estimate of drug-likeness (QED) is 0.780. The van der Waals surface area contributed by atoms with Crippen LogP contribution in [-0.2, 0) is 17.9 Å². The molecule has 27 heavy (non-hydrogen) atoms. The lowest BCUT2D eigenvalue weighted by Crippen LogP contribution is -2.40. The van der Waals surface area contributed by atoms with Gasteiger partial charge in [0, 0.05) is 13.1 Å². The molecule has 0 bridgehead atoms. The molecule has 2 aliphatic rings. The van der Waals surface area contributed by atoms with Crippen molar-refractivity contribution < 1.29 is 13.9 Å². The van der Waals surface area contributed by atoms with Gasteiger partial charge in [-0.1, -0.05) is 30.3 Å². The number of piperidine rings is 1. The second-order valence-electron chi connectivity index (χ2n) is 7.54. The van der Waals surface area contributed by atoms with Gasteiger partial charge in [0.15, 0.2) is 5.76 Å². The Balaban J connectivity index is 1.24. The third kappa shape index (κ3) is 4.79. The Bertz CT molecular complexity index is 729. The summed E-state index contributed by atoms with van der Waals surface area (Å²) in [6, 6.07) is 14.0. The summed E-state index contributed by atoms with van der Waals surface area (Å²) in [4.78, 5) is 17.0. The van der Waals surface area contributed by atoms with Crippen LogP contribution < -0.4 is 0 Å². The van der Waals surface area contributed by atoms with E-state index in [1.807, 2.05) is 35.2 Å². The van der Waals surface area contributed by atoms with Crippen LogP contribution in [0, 0.1) is 0 Å². The van der Waals surface area contributed by atoms with Crippen molar-refractivity contribution in [3.8, 4) is 0 Å². The maximum absolute atomic E-state index is 12.7. The molecule has 2 aliphatic heterocycles. The first kappa shape index (κ1) is 18.3. The number of furan rings is 1. The van der Waals surface area contributed by atoms with Crippen molar-refractivity contribution in [3.05, 3.63) is 59.5 Å². The SMILES string of the molecule is O=C(c1ccc(CN2CCCC2)o1)N1CCC(OCc2ccccc2)CC1. The van der Waals surface area contributed by atoms with E-state index in [0.717, 1.165) is 51.3 Å². The fourth-order valence-electron chi connectivity index (χ4n) is 3.91. The number of amides is 1. The Labute approximate surface area is 160 Å². The Kier molecular flexibility index (Phi) is 5.90. The molecular weight excluding hydrogens is 340 g/mol. The van der Waals surface area contributed by atoms with Crippen LogP contribution in [0.5, 0.6) is 0 Å². The Hall–Kier alpha value is -2.11. The molecule has 144 valence electrons. The summed E-state index contributed by atoms with van der Waals surface area (Å²) >= 11 is 0. The number of likely N-dealkylation sites (tertiary alicyclic amines) is 2. The molecule has 3 heterocycles. The second kappa shape index (κ2) is 8.72. The molecule has 1 amide bonds. The Morgan fingerprint density at radius 2 is 1.74 bits per heavy atom. The van der Waals surface area contributed by atoms with Gasteiger partial charge in [-0.25, -0.2) is 0 Å². The molecule has 0 atom stereocenters. The first-order valence-electron chi connectivity index (χ1n) is 10.0. The molecule has 2 fully saturated rings. The number of carbonyl (C=O) groups excluding carboxylic acids is 1. The maximum Gasteiger partial charge on any atom is 0.289 e. The van der Waals surface area contributed by atoms with Crippen LogP contribution in [0.25, 0.3) is 0 Å². The predicted octanol–water partition coefficient (Wildman–Crippen LogP) is 3.70. The molecular formula is C22H28N2O3. The molecule has 0 unspecified atom stereocenters. The molecule has 0 saturated carbocycles. The normalized spacial score (nSPS) is 18.9. The minimum absolute atomic E-state index is 0.00387. The van der Waals surface area contributed by atoms with Crippen molar-refractivity contribution in [2.45, 2.75) is 44.9 Å². The summed E-state index contributed by atoms with van der Waals surface area (Å²) in [5, 5.41) is 0. The van der Waals surface area contributed by atoms with E-state index in [2.05, 4.69) is 17.0 Å². The van der Waals surface area contributed by atoms with Gasteiger partial charge in [-0.2, -0.15) is 0 Å². The average molecular weight is 368 g/mol. The third-order valence-electron chi connectivity index (χ3n) is 5.51. The van der Waals surface area contributed by atoms with E-state index in [4.69, 9.17) is 9.15 Å². The lowest BCUT2D eigenvalue weighted by Gasteiger charge is -2.31. The molecule has 0 radical (unpaired) electrons. The first-order chi connectivity index (χ1) is 13.3. The number of hydrogen-bond donors (Lipinski definition) is 0. The zero-order valence-corrected chi connectivity index (χ0v) is 15.8. The van der Waals surface area contributed by atoms with E-state index in [-0.39, 0.29) is 12.0 Å². The number of carbonyl (C=O) groups is 1. The Morgan fingerprint density at radius 1 is 1.00 bits per heavy atom. The fourth-order valence-corrected chi connectivity index (χ4v) is 3.91. The molecule has 1 aromatic heterocycles. The lowest BCUT2D eigenvalue weighted by atomic mass is 10.1. The van der Waals surface area contributed by atoms with Gasteiger partial charge < -0.3 is 14.1 Å². The summed E-state index contributed by atoms with van der Waals surface area (Å²) < 4.78 is 11.8. The van der Waals surface area contributed by atoms with Gasteiger partial charge >= 0.3 is 0 Å². The van der Waals surface area contributed by atoms with Gasteiger partial charge in [0.1, 0.15) is 5.76 Å². The lowest BCUT2D eigenvalue weighted by molar-refractivity contribution is -0.00109. The fraction of sp³-hybridized carbons (Fsp3) is 0.500. The first-order valence-corrected chi connectivity index (χ1v) is 10.0. The number of ether oxygens (including phenoxy) is 1. The van der Waals surface area contributed by atoms with Crippen LogP contribution in [0.4, 0.5) is 0 Å². The average Bonchev–Trinajstić information content (AvgIpc) is 3.40. The summed E-state index contributed by atoms with van der Waals surface area (Å²) in [6.07, 6.45) is 4.48. The van der Waals surface area contributed by atoms with Crippen molar-refractivity contribution in [1.82, 2.24) is 9.80 Å². The number of nitrogens with zero attached hydrogens (tertiary/aromatic N) is 2. The monoisotopic (exact) mass is 368 g/mol. The highest BCUT2D eigenvalue weighted by molar-refractivity contribution is 5.91. The summed E-state index contributed by atoms with van der Waals surface area (Å²) in [6.45, 7) is 5.14. The van der Waals surface area contributed by atoms with E-state index in [1.54, 1.807) is 0 Å². The summed E-state index contributed by atoms with van der Waals surface area (Å²) in [7, 11) is 0. The van der Waals surface area contributed by atoms with Crippen molar-refractivity contribution in [2.75, 3.05) is 26.2 Å². The molecule has 0 aliphatic carbocycles. The van der Waals surface area contributed by atoms with E-state index < -0.39 is 0 Å². The third-order valence-corrected chi connectivity index (χ3v) is 5.51. The van der Waals surface area contributed by atoms with Crippen molar-refractivity contribution >= 4 is 5.91 Å². The van der Waals surface area contributed by atoms with Crippen molar-refractivity contribution in [1.29, 1.82) is 0 Å². The molecule has 1 aromatic carbocycles. The van der Waals surface area contributed by atoms with Crippen LogP contribution in [-0.4, -0.2) is 48.0 Å². The minimum atomic E-state index is 0.00387. The molecule has 4 rings (SSSR count). The van der Waals surface area contributed by atoms with E-state index >= 15 is 0 Å². The van der Waals surface area contributed by atoms with Crippen molar-refractivity contribution in [3.63, 3.8) is 0 Å². The van der Waals surface area contributed by atoms with E-state index in [9.17, 15) is 4.79 Å².